The fraction of sp³-hybridized carbons (Fsp3) is 0. The molecule has 24 heavy (non-hydrogen) atoms. The zero-order chi connectivity index (χ0) is 17.3. The minimum Gasteiger partial charge on any atom is -0.379 e. The van der Waals surface area contributed by atoms with Gasteiger partial charge in [0.1, 0.15) is 17.0 Å². The van der Waals surface area contributed by atoms with Gasteiger partial charge in [-0.05, 0) is 34.7 Å². The molecule has 0 amide bonds. The molecule has 0 saturated carbocycles. The summed E-state index contributed by atoms with van der Waals surface area (Å²) in [5.41, 5.74) is 0.515. The summed E-state index contributed by atoms with van der Waals surface area (Å²) < 4.78 is 31.4. The van der Waals surface area contributed by atoms with E-state index < -0.39 is 10.1 Å². The Morgan fingerprint density at radius 3 is 2.38 bits per heavy atom. The van der Waals surface area contributed by atoms with Crippen molar-refractivity contribution in [3.63, 3.8) is 0 Å². The molecule has 0 atom stereocenters. The number of halogens is 3. The van der Waals surface area contributed by atoms with Crippen LogP contribution in [0.4, 0.5) is 0 Å². The molecule has 0 N–H and O–H groups in total. The van der Waals surface area contributed by atoms with Crippen LogP contribution in [-0.4, -0.2) is 28.6 Å². The lowest BCUT2D eigenvalue weighted by atomic mass is 10.3. The van der Waals surface area contributed by atoms with E-state index in [4.69, 9.17) is 39.0 Å². The fourth-order valence-electron chi connectivity index (χ4n) is 1.89. The first-order valence-corrected chi connectivity index (χ1v) is 8.83. The maximum Gasteiger partial charge on any atom is 0.342 e. The van der Waals surface area contributed by atoms with E-state index in [2.05, 4.69) is 15.5 Å². The molecule has 0 saturated heterocycles. The molecule has 0 radical (unpaired) electrons. The van der Waals surface area contributed by atoms with Crippen LogP contribution in [0.25, 0.3) is 5.69 Å². The Labute approximate surface area is 151 Å². The molecule has 0 fully saturated rings. The summed E-state index contributed by atoms with van der Waals surface area (Å²) in [5.74, 6) is 0.0464. The van der Waals surface area contributed by atoms with Crippen molar-refractivity contribution < 1.29 is 12.6 Å². The molecule has 7 nitrogen and oxygen atoms in total. The van der Waals surface area contributed by atoms with Crippen LogP contribution in [0.3, 0.4) is 0 Å². The minimum absolute atomic E-state index is 0.0464. The molecule has 1 aromatic heterocycles. The van der Waals surface area contributed by atoms with Gasteiger partial charge in [0.2, 0.25) is 0 Å². The van der Waals surface area contributed by atoms with Crippen LogP contribution in [0.5, 0.6) is 5.75 Å². The first-order chi connectivity index (χ1) is 11.4. The van der Waals surface area contributed by atoms with Crippen molar-refractivity contribution in [2.75, 3.05) is 0 Å². The summed E-state index contributed by atoms with van der Waals surface area (Å²) >= 11 is 17.7. The SMILES string of the molecule is O=S(=O)(Oc1cccc(-n2cnnn2)c1)c1c(Cl)cc(Cl)cc1Cl. The van der Waals surface area contributed by atoms with Gasteiger partial charge >= 0.3 is 10.1 Å². The highest BCUT2D eigenvalue weighted by Gasteiger charge is 2.25. The standard InChI is InChI=1S/C13H7Cl3N4O3S/c14-8-4-11(15)13(12(16)5-8)24(21,22)23-10-3-1-2-9(6-10)20-7-17-18-19-20/h1-7H. The number of hydrogen-bond acceptors (Lipinski definition) is 6. The highest BCUT2D eigenvalue weighted by Crippen LogP contribution is 2.34. The van der Waals surface area contributed by atoms with E-state index in [9.17, 15) is 8.42 Å². The van der Waals surface area contributed by atoms with Crippen molar-refractivity contribution >= 4 is 44.9 Å². The first kappa shape index (κ1) is 17.0. The van der Waals surface area contributed by atoms with E-state index in [1.807, 2.05) is 0 Å². The molecular formula is C13H7Cl3N4O3S. The lowest BCUT2D eigenvalue weighted by Gasteiger charge is -2.11. The quantitative estimate of drug-likeness (QED) is 0.618. The number of tetrazole rings is 1. The van der Waals surface area contributed by atoms with Gasteiger partial charge in [-0.25, -0.2) is 4.68 Å². The topological polar surface area (TPSA) is 87.0 Å². The van der Waals surface area contributed by atoms with Crippen molar-refractivity contribution in [1.82, 2.24) is 20.2 Å². The van der Waals surface area contributed by atoms with E-state index in [1.165, 1.54) is 35.3 Å². The summed E-state index contributed by atoms with van der Waals surface area (Å²) in [7, 11) is -4.26. The number of benzene rings is 2. The Balaban J connectivity index is 1.98. The normalized spacial score (nSPS) is 11.5. The fourth-order valence-corrected chi connectivity index (χ4v) is 4.31. The Morgan fingerprint density at radius 2 is 1.75 bits per heavy atom. The molecule has 11 heteroatoms. The van der Waals surface area contributed by atoms with Crippen LogP contribution < -0.4 is 4.18 Å². The summed E-state index contributed by atoms with van der Waals surface area (Å²) in [6.07, 6.45) is 1.36. The average molecular weight is 406 g/mol. The molecule has 124 valence electrons. The van der Waals surface area contributed by atoms with Gasteiger partial charge in [-0.3, -0.25) is 0 Å². The van der Waals surface area contributed by atoms with Gasteiger partial charge in [0.25, 0.3) is 0 Å². The zero-order valence-electron chi connectivity index (χ0n) is 11.6. The second-order valence-corrected chi connectivity index (χ2v) is 7.22. The van der Waals surface area contributed by atoms with E-state index in [0.29, 0.717) is 5.69 Å². The molecule has 3 aromatic rings. The minimum atomic E-state index is -4.26. The van der Waals surface area contributed by atoms with Gasteiger partial charge in [0.05, 0.1) is 15.7 Å². The molecule has 0 aliphatic heterocycles. The van der Waals surface area contributed by atoms with Crippen LogP contribution >= 0.6 is 34.8 Å². The highest BCUT2D eigenvalue weighted by atomic mass is 35.5. The predicted octanol–water partition coefficient (Wildman–Crippen LogP) is 3.39. The largest absolute Gasteiger partial charge is 0.379 e. The predicted molar refractivity (Wildman–Crippen MR) is 88.4 cm³/mol. The molecule has 0 aliphatic rings. The van der Waals surface area contributed by atoms with Crippen molar-refractivity contribution in [1.29, 1.82) is 0 Å². The molecule has 0 unspecified atom stereocenters. The van der Waals surface area contributed by atoms with Crippen LogP contribution in [0.15, 0.2) is 47.6 Å². The van der Waals surface area contributed by atoms with Crippen molar-refractivity contribution in [2.24, 2.45) is 0 Å². The molecular weight excluding hydrogens is 399 g/mol. The number of aromatic nitrogens is 4. The lowest BCUT2D eigenvalue weighted by molar-refractivity contribution is 0.486. The van der Waals surface area contributed by atoms with Crippen molar-refractivity contribution in [3.8, 4) is 11.4 Å². The highest BCUT2D eigenvalue weighted by molar-refractivity contribution is 7.87. The average Bonchev–Trinajstić information content (AvgIpc) is 2.99. The molecule has 1 heterocycles. The summed E-state index contributed by atoms with van der Waals surface area (Å²) in [6.45, 7) is 0. The molecule has 0 aliphatic carbocycles. The third kappa shape index (κ3) is 3.46. The third-order valence-electron chi connectivity index (χ3n) is 2.85. The van der Waals surface area contributed by atoms with Crippen molar-refractivity contribution in [2.45, 2.75) is 4.90 Å². The van der Waals surface area contributed by atoms with Gasteiger partial charge in [0.15, 0.2) is 0 Å². The Morgan fingerprint density at radius 1 is 1.04 bits per heavy atom. The zero-order valence-corrected chi connectivity index (χ0v) is 14.7. The molecule has 0 spiro atoms. The molecule has 3 rings (SSSR count). The van der Waals surface area contributed by atoms with Crippen LogP contribution in [0, 0.1) is 0 Å². The van der Waals surface area contributed by atoms with E-state index in [0.717, 1.165) is 0 Å². The van der Waals surface area contributed by atoms with Crippen LogP contribution in [0.1, 0.15) is 0 Å². The Bertz CT molecular complexity index is 970. The van der Waals surface area contributed by atoms with Gasteiger partial charge in [0, 0.05) is 11.1 Å². The second kappa shape index (κ2) is 6.56. The van der Waals surface area contributed by atoms with Gasteiger partial charge in [-0.1, -0.05) is 40.9 Å². The van der Waals surface area contributed by atoms with Gasteiger partial charge in [-0.15, -0.1) is 5.10 Å². The third-order valence-corrected chi connectivity index (χ3v) is 5.24. The smallest absolute Gasteiger partial charge is 0.342 e. The molecule has 2 aromatic carbocycles. The number of nitrogens with zero attached hydrogens (tertiary/aromatic N) is 4. The van der Waals surface area contributed by atoms with Crippen LogP contribution in [0.2, 0.25) is 15.1 Å². The number of rotatable bonds is 4. The van der Waals surface area contributed by atoms with E-state index in [-0.39, 0.29) is 25.7 Å². The number of hydrogen-bond donors (Lipinski definition) is 0. The molecule has 0 bridgehead atoms. The summed E-state index contributed by atoms with van der Waals surface area (Å²) in [5, 5.41) is 10.7. The lowest BCUT2D eigenvalue weighted by Crippen LogP contribution is -2.11. The maximum absolute atomic E-state index is 12.5. The monoisotopic (exact) mass is 404 g/mol. The van der Waals surface area contributed by atoms with Crippen LogP contribution in [-0.2, 0) is 10.1 Å². The van der Waals surface area contributed by atoms with E-state index in [1.54, 1.807) is 12.1 Å². The summed E-state index contributed by atoms with van der Waals surface area (Å²) in [4.78, 5) is -0.358. The van der Waals surface area contributed by atoms with Crippen molar-refractivity contribution in [3.05, 3.63) is 57.8 Å². The Kier molecular flexibility index (Phi) is 4.64. The summed E-state index contributed by atoms with van der Waals surface area (Å²) in [6, 6.07) is 8.71. The maximum atomic E-state index is 12.5. The Hall–Kier alpha value is -1.87. The van der Waals surface area contributed by atoms with E-state index >= 15 is 0 Å². The van der Waals surface area contributed by atoms with Gasteiger partial charge < -0.3 is 4.18 Å². The van der Waals surface area contributed by atoms with Gasteiger partial charge in [-0.2, -0.15) is 8.42 Å². The second-order valence-electron chi connectivity index (χ2n) is 4.49. The first-order valence-electron chi connectivity index (χ1n) is 6.29.